The SMILES string of the molecule is O=C(Cn1cc([N+](=O)[O-])cn1)N1CCCC1. The molecule has 1 aromatic heterocycles. The summed E-state index contributed by atoms with van der Waals surface area (Å²) in [6.45, 7) is 1.64. The number of rotatable bonds is 3. The van der Waals surface area contributed by atoms with Crippen LogP contribution in [0.4, 0.5) is 5.69 Å². The molecule has 0 radical (unpaired) electrons. The molecule has 0 atom stereocenters. The number of carbonyl (C=O) groups is 1. The molecular weight excluding hydrogens is 212 g/mol. The molecule has 0 aliphatic carbocycles. The molecule has 7 nitrogen and oxygen atoms in total. The van der Waals surface area contributed by atoms with E-state index in [9.17, 15) is 14.9 Å². The van der Waals surface area contributed by atoms with Crippen LogP contribution in [0.25, 0.3) is 0 Å². The van der Waals surface area contributed by atoms with Gasteiger partial charge < -0.3 is 4.90 Å². The zero-order chi connectivity index (χ0) is 11.5. The molecule has 0 saturated carbocycles. The molecule has 0 N–H and O–H groups in total. The Morgan fingerprint density at radius 2 is 2.19 bits per heavy atom. The van der Waals surface area contributed by atoms with Crippen LogP contribution in [-0.2, 0) is 11.3 Å². The topological polar surface area (TPSA) is 81.3 Å². The van der Waals surface area contributed by atoms with Crippen LogP contribution in [0.1, 0.15) is 12.8 Å². The Morgan fingerprint density at radius 1 is 1.50 bits per heavy atom. The van der Waals surface area contributed by atoms with Crippen LogP contribution in [0.5, 0.6) is 0 Å². The van der Waals surface area contributed by atoms with Crippen molar-refractivity contribution in [2.45, 2.75) is 19.4 Å². The maximum Gasteiger partial charge on any atom is 0.307 e. The summed E-state index contributed by atoms with van der Waals surface area (Å²) in [6.07, 6.45) is 4.49. The number of carbonyl (C=O) groups excluding carboxylic acids is 1. The molecule has 0 spiro atoms. The van der Waals surface area contributed by atoms with Gasteiger partial charge in [0.1, 0.15) is 18.9 Å². The first-order valence-electron chi connectivity index (χ1n) is 5.11. The van der Waals surface area contributed by atoms with E-state index in [1.165, 1.54) is 10.9 Å². The van der Waals surface area contributed by atoms with E-state index in [2.05, 4.69) is 5.10 Å². The van der Waals surface area contributed by atoms with Crippen molar-refractivity contribution >= 4 is 11.6 Å². The van der Waals surface area contributed by atoms with Crippen molar-refractivity contribution in [3.05, 3.63) is 22.5 Å². The minimum Gasteiger partial charge on any atom is -0.341 e. The molecule has 16 heavy (non-hydrogen) atoms. The second kappa shape index (κ2) is 4.30. The molecule has 1 saturated heterocycles. The fourth-order valence-electron chi connectivity index (χ4n) is 1.74. The van der Waals surface area contributed by atoms with Crippen LogP contribution < -0.4 is 0 Å². The van der Waals surface area contributed by atoms with Gasteiger partial charge in [0.15, 0.2) is 0 Å². The van der Waals surface area contributed by atoms with E-state index in [1.807, 2.05) is 0 Å². The van der Waals surface area contributed by atoms with Crippen LogP contribution in [0.3, 0.4) is 0 Å². The molecule has 7 heteroatoms. The summed E-state index contributed by atoms with van der Waals surface area (Å²) in [6, 6.07) is 0. The number of nitro groups is 1. The fourth-order valence-corrected chi connectivity index (χ4v) is 1.74. The highest BCUT2D eigenvalue weighted by molar-refractivity contribution is 5.76. The first-order valence-corrected chi connectivity index (χ1v) is 5.11. The maximum atomic E-state index is 11.7. The summed E-state index contributed by atoms with van der Waals surface area (Å²) in [5.41, 5.74) is -0.0887. The summed E-state index contributed by atoms with van der Waals surface area (Å²) in [5, 5.41) is 14.2. The summed E-state index contributed by atoms with van der Waals surface area (Å²) < 4.78 is 1.30. The monoisotopic (exact) mass is 224 g/mol. The lowest BCUT2D eigenvalue weighted by atomic mass is 10.4. The lowest BCUT2D eigenvalue weighted by molar-refractivity contribution is -0.385. The van der Waals surface area contributed by atoms with Crippen molar-refractivity contribution in [1.82, 2.24) is 14.7 Å². The third kappa shape index (κ3) is 2.18. The first kappa shape index (κ1) is 10.6. The quantitative estimate of drug-likeness (QED) is 0.550. The van der Waals surface area contributed by atoms with E-state index < -0.39 is 4.92 Å². The summed E-state index contributed by atoms with van der Waals surface area (Å²) >= 11 is 0. The molecule has 0 unspecified atom stereocenters. The number of nitrogens with zero attached hydrogens (tertiary/aromatic N) is 4. The zero-order valence-corrected chi connectivity index (χ0v) is 8.70. The summed E-state index contributed by atoms with van der Waals surface area (Å²) in [7, 11) is 0. The Hall–Kier alpha value is -1.92. The number of hydrogen-bond acceptors (Lipinski definition) is 4. The highest BCUT2D eigenvalue weighted by Crippen LogP contribution is 2.10. The molecule has 1 aromatic rings. The highest BCUT2D eigenvalue weighted by Gasteiger charge is 2.19. The smallest absolute Gasteiger partial charge is 0.307 e. The average Bonchev–Trinajstić information content (AvgIpc) is 2.87. The Kier molecular flexibility index (Phi) is 2.84. The molecule has 1 aliphatic heterocycles. The molecular formula is C9H12N4O3. The van der Waals surface area contributed by atoms with Gasteiger partial charge in [-0.25, -0.2) is 0 Å². The second-order valence-electron chi connectivity index (χ2n) is 3.74. The predicted octanol–water partition coefficient (Wildman–Crippen LogP) is 0.414. The van der Waals surface area contributed by atoms with Gasteiger partial charge in [-0.3, -0.25) is 19.6 Å². The van der Waals surface area contributed by atoms with E-state index >= 15 is 0 Å². The van der Waals surface area contributed by atoms with Gasteiger partial charge in [0.25, 0.3) is 0 Å². The first-order chi connectivity index (χ1) is 7.66. The summed E-state index contributed by atoms with van der Waals surface area (Å²) in [5.74, 6) is -0.0319. The summed E-state index contributed by atoms with van der Waals surface area (Å²) in [4.78, 5) is 23.3. The highest BCUT2D eigenvalue weighted by atomic mass is 16.6. The molecule has 86 valence electrons. The third-order valence-corrected chi connectivity index (χ3v) is 2.59. The molecule has 1 fully saturated rings. The molecule has 1 aliphatic rings. The van der Waals surface area contributed by atoms with E-state index in [1.54, 1.807) is 4.90 Å². The molecule has 0 aromatic carbocycles. The van der Waals surface area contributed by atoms with Gasteiger partial charge in [0, 0.05) is 13.1 Å². The molecule has 2 rings (SSSR count). The van der Waals surface area contributed by atoms with Crippen molar-refractivity contribution in [3.63, 3.8) is 0 Å². The van der Waals surface area contributed by atoms with Gasteiger partial charge in [0.2, 0.25) is 5.91 Å². The number of amides is 1. The van der Waals surface area contributed by atoms with E-state index in [4.69, 9.17) is 0 Å². The average molecular weight is 224 g/mol. The van der Waals surface area contributed by atoms with Gasteiger partial charge in [-0.2, -0.15) is 5.10 Å². The van der Waals surface area contributed by atoms with Crippen LogP contribution in [0, 0.1) is 10.1 Å². The van der Waals surface area contributed by atoms with E-state index in [0.29, 0.717) is 0 Å². The van der Waals surface area contributed by atoms with Gasteiger partial charge >= 0.3 is 5.69 Å². The molecule has 0 bridgehead atoms. The van der Waals surface area contributed by atoms with Crippen LogP contribution in [0.15, 0.2) is 12.4 Å². The van der Waals surface area contributed by atoms with Crippen molar-refractivity contribution in [3.8, 4) is 0 Å². The van der Waals surface area contributed by atoms with Crippen LogP contribution in [-0.4, -0.2) is 38.6 Å². The Morgan fingerprint density at radius 3 is 2.75 bits per heavy atom. The van der Waals surface area contributed by atoms with Crippen molar-refractivity contribution in [2.75, 3.05) is 13.1 Å². The second-order valence-corrected chi connectivity index (χ2v) is 3.74. The third-order valence-electron chi connectivity index (χ3n) is 2.59. The lowest BCUT2D eigenvalue weighted by Gasteiger charge is -2.14. The Labute approximate surface area is 91.8 Å². The lowest BCUT2D eigenvalue weighted by Crippen LogP contribution is -2.31. The van der Waals surface area contributed by atoms with Gasteiger partial charge in [-0.05, 0) is 12.8 Å². The Balaban J connectivity index is 1.97. The Bertz CT molecular complexity index is 409. The minimum atomic E-state index is -0.524. The normalized spacial score (nSPS) is 15.4. The zero-order valence-electron chi connectivity index (χ0n) is 8.70. The number of likely N-dealkylation sites (tertiary alicyclic amines) is 1. The fraction of sp³-hybridized carbons (Fsp3) is 0.556. The van der Waals surface area contributed by atoms with Crippen molar-refractivity contribution in [2.24, 2.45) is 0 Å². The predicted molar refractivity (Wildman–Crippen MR) is 54.7 cm³/mol. The van der Waals surface area contributed by atoms with Crippen molar-refractivity contribution < 1.29 is 9.72 Å². The largest absolute Gasteiger partial charge is 0.341 e. The van der Waals surface area contributed by atoms with Gasteiger partial charge in [-0.1, -0.05) is 0 Å². The van der Waals surface area contributed by atoms with Gasteiger partial charge in [0.05, 0.1) is 4.92 Å². The van der Waals surface area contributed by atoms with Crippen molar-refractivity contribution in [1.29, 1.82) is 0 Å². The van der Waals surface area contributed by atoms with Crippen LogP contribution in [0.2, 0.25) is 0 Å². The molecule has 1 amide bonds. The van der Waals surface area contributed by atoms with E-state index in [-0.39, 0.29) is 18.1 Å². The number of aromatic nitrogens is 2. The van der Waals surface area contributed by atoms with Crippen LogP contribution >= 0.6 is 0 Å². The number of hydrogen-bond donors (Lipinski definition) is 0. The maximum absolute atomic E-state index is 11.7. The minimum absolute atomic E-state index is 0.0319. The van der Waals surface area contributed by atoms with Gasteiger partial charge in [-0.15, -0.1) is 0 Å². The molecule has 2 heterocycles. The van der Waals surface area contributed by atoms with E-state index in [0.717, 1.165) is 32.1 Å². The standard InChI is InChI=1S/C9H12N4O3/c14-9(11-3-1-2-4-11)7-12-6-8(5-10-12)13(15)16/h5-6H,1-4,7H2.